The summed E-state index contributed by atoms with van der Waals surface area (Å²) in [4.78, 5) is 18.9. The minimum Gasteiger partial charge on any atom is -0.356 e. The van der Waals surface area contributed by atoms with Gasteiger partial charge in [0.2, 0.25) is 17.6 Å². The van der Waals surface area contributed by atoms with Gasteiger partial charge in [-0.2, -0.15) is 4.98 Å². The molecular weight excluding hydrogens is 384 g/mol. The zero-order chi connectivity index (χ0) is 17.6. The van der Waals surface area contributed by atoms with Crippen molar-refractivity contribution in [1.29, 1.82) is 0 Å². The van der Waals surface area contributed by atoms with Crippen LogP contribution in [0, 0.1) is 5.92 Å². The van der Waals surface area contributed by atoms with Crippen molar-refractivity contribution < 1.29 is 9.32 Å². The van der Waals surface area contributed by atoms with Crippen LogP contribution in [0.2, 0.25) is 0 Å². The van der Waals surface area contributed by atoms with E-state index < -0.39 is 0 Å². The first kappa shape index (κ1) is 18.1. The summed E-state index contributed by atoms with van der Waals surface area (Å²) in [6.45, 7) is 5.08. The van der Waals surface area contributed by atoms with Crippen molar-refractivity contribution >= 4 is 21.8 Å². The van der Waals surface area contributed by atoms with E-state index in [1.54, 1.807) is 0 Å². The fourth-order valence-electron chi connectivity index (χ4n) is 3.06. The van der Waals surface area contributed by atoms with Crippen LogP contribution in [-0.2, 0) is 11.3 Å². The number of nitrogens with one attached hydrogen (secondary N) is 1. The Kier molecular flexibility index (Phi) is 6.20. The summed E-state index contributed by atoms with van der Waals surface area (Å²) in [5, 5.41) is 7.07. The molecule has 25 heavy (non-hydrogen) atoms. The molecule has 0 aliphatic carbocycles. The van der Waals surface area contributed by atoms with Crippen LogP contribution in [0.5, 0.6) is 0 Å². The van der Waals surface area contributed by atoms with Crippen LogP contribution in [0.4, 0.5) is 0 Å². The summed E-state index contributed by atoms with van der Waals surface area (Å²) in [6.07, 6.45) is 2.92. The zero-order valence-electron chi connectivity index (χ0n) is 14.4. The van der Waals surface area contributed by atoms with Crippen molar-refractivity contribution in [3.8, 4) is 11.4 Å². The molecule has 1 aromatic heterocycles. The predicted molar refractivity (Wildman–Crippen MR) is 98.7 cm³/mol. The lowest BCUT2D eigenvalue weighted by Crippen LogP contribution is -2.42. The number of amides is 1. The van der Waals surface area contributed by atoms with Crippen molar-refractivity contribution in [2.45, 2.75) is 32.7 Å². The van der Waals surface area contributed by atoms with E-state index >= 15 is 0 Å². The van der Waals surface area contributed by atoms with E-state index in [-0.39, 0.29) is 11.8 Å². The van der Waals surface area contributed by atoms with E-state index in [0.29, 0.717) is 18.3 Å². The van der Waals surface area contributed by atoms with Crippen molar-refractivity contribution in [1.82, 2.24) is 20.4 Å². The van der Waals surface area contributed by atoms with Crippen molar-refractivity contribution in [2.24, 2.45) is 5.92 Å². The average Bonchev–Trinajstić information content (AvgIpc) is 3.08. The van der Waals surface area contributed by atoms with Gasteiger partial charge in [0.05, 0.1) is 12.5 Å². The third-order valence-electron chi connectivity index (χ3n) is 4.34. The Bertz CT molecular complexity index is 719. The molecule has 1 saturated heterocycles. The standard InChI is InChI=1S/C18H23BrN4O2/c1-2-8-20-18(24)14-6-4-9-23(11-14)12-16-21-17(22-25-16)13-5-3-7-15(19)10-13/h3,5,7,10,14H,2,4,6,8-9,11-12H2,1H3,(H,20,24). The Hall–Kier alpha value is -1.73. The molecule has 1 N–H and O–H groups in total. The average molecular weight is 407 g/mol. The van der Waals surface area contributed by atoms with Gasteiger partial charge in [0.25, 0.3) is 0 Å². The number of rotatable bonds is 6. The summed E-state index contributed by atoms with van der Waals surface area (Å²) >= 11 is 3.45. The molecule has 1 aliphatic rings. The van der Waals surface area contributed by atoms with E-state index in [2.05, 4.69) is 43.2 Å². The molecule has 7 heteroatoms. The molecule has 2 heterocycles. The highest BCUT2D eigenvalue weighted by atomic mass is 79.9. The van der Waals surface area contributed by atoms with Crippen molar-refractivity contribution in [3.63, 3.8) is 0 Å². The topological polar surface area (TPSA) is 71.3 Å². The molecule has 0 saturated carbocycles. The van der Waals surface area contributed by atoms with Gasteiger partial charge in [-0.1, -0.05) is 40.1 Å². The highest BCUT2D eigenvalue weighted by Crippen LogP contribution is 2.22. The van der Waals surface area contributed by atoms with Gasteiger partial charge in [-0.15, -0.1) is 0 Å². The summed E-state index contributed by atoms with van der Waals surface area (Å²) in [5.74, 6) is 1.38. The number of carbonyl (C=O) groups is 1. The maximum atomic E-state index is 12.2. The SMILES string of the molecule is CCCNC(=O)C1CCCN(Cc2nc(-c3cccc(Br)c3)no2)C1. The number of piperidine rings is 1. The van der Waals surface area contributed by atoms with E-state index in [4.69, 9.17) is 4.52 Å². The molecule has 1 amide bonds. The van der Waals surface area contributed by atoms with Gasteiger partial charge < -0.3 is 9.84 Å². The van der Waals surface area contributed by atoms with Crippen LogP contribution >= 0.6 is 15.9 Å². The Balaban J connectivity index is 1.60. The Morgan fingerprint density at radius 2 is 2.36 bits per heavy atom. The smallest absolute Gasteiger partial charge is 0.241 e. The first-order valence-electron chi connectivity index (χ1n) is 8.74. The zero-order valence-corrected chi connectivity index (χ0v) is 16.0. The molecule has 1 unspecified atom stereocenters. The summed E-state index contributed by atoms with van der Waals surface area (Å²) in [6, 6.07) is 7.82. The van der Waals surface area contributed by atoms with Gasteiger partial charge in [0, 0.05) is 23.1 Å². The summed E-state index contributed by atoms with van der Waals surface area (Å²) in [7, 11) is 0. The number of likely N-dealkylation sites (tertiary alicyclic amines) is 1. The number of nitrogens with zero attached hydrogens (tertiary/aromatic N) is 3. The molecule has 1 atom stereocenters. The minimum absolute atomic E-state index is 0.0489. The predicted octanol–water partition coefficient (Wildman–Crippen LogP) is 3.24. The van der Waals surface area contributed by atoms with Crippen LogP contribution in [0.15, 0.2) is 33.3 Å². The second-order valence-electron chi connectivity index (χ2n) is 6.39. The lowest BCUT2D eigenvalue weighted by atomic mass is 9.97. The van der Waals surface area contributed by atoms with E-state index in [1.165, 1.54) is 0 Å². The number of hydrogen-bond acceptors (Lipinski definition) is 5. The summed E-state index contributed by atoms with van der Waals surface area (Å²) in [5.41, 5.74) is 0.917. The van der Waals surface area contributed by atoms with Crippen molar-refractivity contribution in [2.75, 3.05) is 19.6 Å². The first-order valence-corrected chi connectivity index (χ1v) is 9.53. The van der Waals surface area contributed by atoms with Crippen LogP contribution in [0.25, 0.3) is 11.4 Å². The van der Waals surface area contributed by atoms with Gasteiger partial charge in [0.1, 0.15) is 0 Å². The molecule has 3 rings (SSSR count). The Labute approximate surface area is 156 Å². The molecule has 2 aromatic rings. The molecule has 6 nitrogen and oxygen atoms in total. The fourth-order valence-corrected chi connectivity index (χ4v) is 3.46. The number of carbonyl (C=O) groups excluding carboxylic acids is 1. The van der Waals surface area contributed by atoms with Gasteiger partial charge in [-0.3, -0.25) is 9.69 Å². The van der Waals surface area contributed by atoms with Gasteiger partial charge in [-0.25, -0.2) is 0 Å². The Morgan fingerprint density at radius 1 is 1.48 bits per heavy atom. The Morgan fingerprint density at radius 3 is 3.16 bits per heavy atom. The van der Waals surface area contributed by atoms with E-state index in [0.717, 1.165) is 48.9 Å². The highest BCUT2D eigenvalue weighted by molar-refractivity contribution is 9.10. The second-order valence-corrected chi connectivity index (χ2v) is 7.30. The third-order valence-corrected chi connectivity index (χ3v) is 4.83. The molecule has 1 aliphatic heterocycles. The van der Waals surface area contributed by atoms with Crippen LogP contribution in [-0.4, -0.2) is 40.6 Å². The highest BCUT2D eigenvalue weighted by Gasteiger charge is 2.26. The maximum absolute atomic E-state index is 12.2. The number of halogens is 1. The number of hydrogen-bond donors (Lipinski definition) is 1. The van der Waals surface area contributed by atoms with Gasteiger partial charge in [-0.05, 0) is 37.9 Å². The lowest BCUT2D eigenvalue weighted by molar-refractivity contribution is -0.126. The molecule has 134 valence electrons. The molecular formula is C18H23BrN4O2. The fraction of sp³-hybridized carbons (Fsp3) is 0.500. The van der Waals surface area contributed by atoms with Gasteiger partial charge in [0.15, 0.2) is 0 Å². The molecule has 1 fully saturated rings. The second kappa shape index (κ2) is 8.58. The molecule has 1 aromatic carbocycles. The minimum atomic E-state index is 0.0489. The molecule has 0 spiro atoms. The maximum Gasteiger partial charge on any atom is 0.241 e. The van der Waals surface area contributed by atoms with Crippen LogP contribution < -0.4 is 5.32 Å². The summed E-state index contributed by atoms with van der Waals surface area (Å²) < 4.78 is 6.38. The lowest BCUT2D eigenvalue weighted by Gasteiger charge is -2.30. The van der Waals surface area contributed by atoms with Crippen LogP contribution in [0.1, 0.15) is 32.1 Å². The van der Waals surface area contributed by atoms with Crippen molar-refractivity contribution in [3.05, 3.63) is 34.6 Å². The third kappa shape index (κ3) is 4.89. The van der Waals surface area contributed by atoms with E-state index in [1.807, 2.05) is 24.3 Å². The van der Waals surface area contributed by atoms with Crippen LogP contribution in [0.3, 0.4) is 0 Å². The number of benzene rings is 1. The quantitative estimate of drug-likeness (QED) is 0.796. The van der Waals surface area contributed by atoms with Gasteiger partial charge >= 0.3 is 0 Å². The largest absolute Gasteiger partial charge is 0.356 e. The first-order chi connectivity index (χ1) is 12.2. The number of aromatic nitrogens is 2. The molecule has 0 bridgehead atoms. The normalized spacial score (nSPS) is 18.2. The molecule has 0 radical (unpaired) electrons. The monoisotopic (exact) mass is 406 g/mol. The van der Waals surface area contributed by atoms with E-state index in [9.17, 15) is 4.79 Å².